The number of esters is 1. The number of benzene rings is 1. The fraction of sp³-hybridized carbons (Fsp3) is 0.333. The highest BCUT2D eigenvalue weighted by Crippen LogP contribution is 2.06. The molecule has 0 aliphatic rings. The average molecular weight is 191 g/mol. The first kappa shape index (κ1) is 10.8. The molecule has 0 saturated carbocycles. The van der Waals surface area contributed by atoms with Crippen LogP contribution in [-0.4, -0.2) is 5.97 Å². The summed E-state index contributed by atoms with van der Waals surface area (Å²) in [6.45, 7) is 5.47. The van der Waals surface area contributed by atoms with Crippen molar-refractivity contribution in [3.05, 3.63) is 42.5 Å². The van der Waals surface area contributed by atoms with Gasteiger partial charge in [-0.25, -0.2) is 0 Å². The molecule has 75 valence electrons. The van der Waals surface area contributed by atoms with Crippen LogP contribution in [0.1, 0.15) is 25.8 Å². The van der Waals surface area contributed by atoms with E-state index in [0.29, 0.717) is 12.3 Å². The Morgan fingerprint density at radius 3 is 2.57 bits per heavy atom. The second-order valence-electron chi connectivity index (χ2n) is 3.62. The molecule has 2 heteroatoms. The Balaban J connectivity index is 2.31. The second-order valence-corrected chi connectivity index (χ2v) is 3.62. The molecule has 1 radical (unpaired) electrons. The molecule has 0 aliphatic carbocycles. The minimum absolute atomic E-state index is 0.177. The first-order chi connectivity index (χ1) is 6.68. The van der Waals surface area contributed by atoms with Crippen LogP contribution >= 0.6 is 0 Å². The minimum Gasteiger partial charge on any atom is -0.453 e. The quantitative estimate of drug-likeness (QED) is 0.684. The predicted molar refractivity (Wildman–Crippen MR) is 55.4 cm³/mol. The molecule has 14 heavy (non-hydrogen) atoms. The van der Waals surface area contributed by atoms with Crippen LogP contribution in [0.2, 0.25) is 0 Å². The van der Waals surface area contributed by atoms with E-state index in [-0.39, 0.29) is 5.97 Å². The zero-order chi connectivity index (χ0) is 10.4. The van der Waals surface area contributed by atoms with Crippen molar-refractivity contribution in [2.45, 2.75) is 20.3 Å². The SMILES string of the molecule is CC(C)CC(=O)O[CH]c1ccccc1. The van der Waals surface area contributed by atoms with Crippen molar-refractivity contribution < 1.29 is 9.53 Å². The van der Waals surface area contributed by atoms with E-state index in [1.165, 1.54) is 6.61 Å². The molecular weight excluding hydrogens is 176 g/mol. The summed E-state index contributed by atoms with van der Waals surface area (Å²) < 4.78 is 4.97. The first-order valence-corrected chi connectivity index (χ1v) is 4.76. The number of hydrogen-bond donors (Lipinski definition) is 0. The topological polar surface area (TPSA) is 26.3 Å². The number of carbonyl (C=O) groups excluding carboxylic acids is 1. The lowest BCUT2D eigenvalue weighted by molar-refractivity contribution is -0.140. The summed E-state index contributed by atoms with van der Waals surface area (Å²) in [7, 11) is 0. The predicted octanol–water partition coefficient (Wildman–Crippen LogP) is 2.79. The number of ether oxygens (including phenoxy) is 1. The van der Waals surface area contributed by atoms with Crippen LogP contribution in [0.25, 0.3) is 0 Å². The van der Waals surface area contributed by atoms with Crippen LogP contribution in [0.3, 0.4) is 0 Å². The summed E-state index contributed by atoms with van der Waals surface area (Å²) in [4.78, 5) is 11.2. The molecule has 0 spiro atoms. The van der Waals surface area contributed by atoms with Gasteiger partial charge in [-0.1, -0.05) is 44.2 Å². The van der Waals surface area contributed by atoms with Crippen molar-refractivity contribution in [2.24, 2.45) is 5.92 Å². The van der Waals surface area contributed by atoms with Gasteiger partial charge in [-0.15, -0.1) is 0 Å². The van der Waals surface area contributed by atoms with E-state index in [0.717, 1.165) is 5.56 Å². The molecule has 0 heterocycles. The average Bonchev–Trinajstić information content (AvgIpc) is 2.15. The molecule has 0 unspecified atom stereocenters. The van der Waals surface area contributed by atoms with Gasteiger partial charge in [0.2, 0.25) is 0 Å². The van der Waals surface area contributed by atoms with Crippen molar-refractivity contribution in [2.75, 3.05) is 0 Å². The maximum Gasteiger partial charge on any atom is 0.306 e. The largest absolute Gasteiger partial charge is 0.453 e. The van der Waals surface area contributed by atoms with Crippen molar-refractivity contribution in [3.63, 3.8) is 0 Å². The highest BCUT2D eigenvalue weighted by atomic mass is 16.5. The summed E-state index contributed by atoms with van der Waals surface area (Å²) in [5.74, 6) is 0.163. The number of hydrogen-bond acceptors (Lipinski definition) is 2. The fourth-order valence-corrected chi connectivity index (χ4v) is 1.05. The van der Waals surface area contributed by atoms with Crippen LogP contribution in [0.5, 0.6) is 0 Å². The normalized spacial score (nSPS) is 10.2. The number of rotatable bonds is 4. The molecule has 0 saturated heterocycles. The zero-order valence-corrected chi connectivity index (χ0v) is 8.57. The fourth-order valence-electron chi connectivity index (χ4n) is 1.05. The van der Waals surface area contributed by atoms with Crippen molar-refractivity contribution >= 4 is 5.97 Å². The van der Waals surface area contributed by atoms with Crippen LogP contribution < -0.4 is 0 Å². The molecule has 0 amide bonds. The molecule has 2 nitrogen and oxygen atoms in total. The molecule has 1 rings (SSSR count). The van der Waals surface area contributed by atoms with Gasteiger partial charge in [0.15, 0.2) is 6.61 Å². The standard InChI is InChI=1S/C12H15O2/c1-10(2)8-12(13)14-9-11-6-4-3-5-7-11/h3-7,9-10H,8H2,1-2H3. The van der Waals surface area contributed by atoms with Gasteiger partial charge in [-0.2, -0.15) is 0 Å². The summed E-state index contributed by atoms with van der Waals surface area (Å²) >= 11 is 0. The summed E-state index contributed by atoms with van der Waals surface area (Å²) in [5, 5.41) is 0. The second kappa shape index (κ2) is 5.43. The van der Waals surface area contributed by atoms with Crippen molar-refractivity contribution in [1.82, 2.24) is 0 Å². The molecule has 0 fully saturated rings. The van der Waals surface area contributed by atoms with Crippen LogP contribution in [-0.2, 0) is 9.53 Å². The molecule has 1 aromatic rings. The highest BCUT2D eigenvalue weighted by Gasteiger charge is 2.06. The Bertz CT molecular complexity index is 278. The van der Waals surface area contributed by atoms with Gasteiger partial charge in [0.1, 0.15) is 0 Å². The maximum absolute atomic E-state index is 11.2. The smallest absolute Gasteiger partial charge is 0.306 e. The Morgan fingerprint density at radius 1 is 1.36 bits per heavy atom. The van der Waals surface area contributed by atoms with Crippen LogP contribution in [0.15, 0.2) is 30.3 Å². The van der Waals surface area contributed by atoms with E-state index in [4.69, 9.17) is 4.74 Å². The summed E-state index contributed by atoms with van der Waals surface area (Å²) in [5.41, 5.74) is 0.907. The van der Waals surface area contributed by atoms with Gasteiger partial charge in [0, 0.05) is 6.42 Å². The molecule has 0 aromatic heterocycles. The third kappa shape index (κ3) is 4.08. The molecular formula is C12H15O2. The third-order valence-corrected chi connectivity index (χ3v) is 1.70. The van der Waals surface area contributed by atoms with E-state index in [1.54, 1.807) is 0 Å². The maximum atomic E-state index is 11.2. The Hall–Kier alpha value is -1.31. The van der Waals surface area contributed by atoms with E-state index in [9.17, 15) is 4.79 Å². The highest BCUT2D eigenvalue weighted by molar-refractivity contribution is 5.70. The third-order valence-electron chi connectivity index (χ3n) is 1.70. The van der Waals surface area contributed by atoms with E-state index < -0.39 is 0 Å². The zero-order valence-electron chi connectivity index (χ0n) is 8.57. The van der Waals surface area contributed by atoms with Gasteiger partial charge < -0.3 is 4.74 Å². The Kier molecular flexibility index (Phi) is 4.17. The van der Waals surface area contributed by atoms with Crippen molar-refractivity contribution in [3.8, 4) is 0 Å². The molecule has 0 atom stereocenters. The lowest BCUT2D eigenvalue weighted by atomic mass is 10.1. The van der Waals surface area contributed by atoms with Gasteiger partial charge in [0.05, 0.1) is 0 Å². The summed E-state index contributed by atoms with van der Waals surface area (Å²) in [6, 6.07) is 9.52. The molecule has 0 aliphatic heterocycles. The minimum atomic E-state index is -0.177. The summed E-state index contributed by atoms with van der Waals surface area (Å²) in [6.07, 6.45) is 0.462. The van der Waals surface area contributed by atoms with Gasteiger partial charge in [-0.3, -0.25) is 4.79 Å². The molecule has 0 bridgehead atoms. The van der Waals surface area contributed by atoms with Crippen LogP contribution in [0, 0.1) is 12.5 Å². The van der Waals surface area contributed by atoms with Gasteiger partial charge in [0.25, 0.3) is 0 Å². The number of carbonyl (C=O) groups is 1. The Labute approximate surface area is 84.9 Å². The lowest BCUT2D eigenvalue weighted by Gasteiger charge is -2.05. The van der Waals surface area contributed by atoms with Gasteiger partial charge in [-0.05, 0) is 11.5 Å². The van der Waals surface area contributed by atoms with E-state index in [2.05, 4.69) is 0 Å². The van der Waals surface area contributed by atoms with E-state index >= 15 is 0 Å². The van der Waals surface area contributed by atoms with Crippen LogP contribution in [0.4, 0.5) is 0 Å². The lowest BCUT2D eigenvalue weighted by Crippen LogP contribution is -2.06. The molecule has 1 aromatic carbocycles. The van der Waals surface area contributed by atoms with E-state index in [1.807, 2.05) is 44.2 Å². The first-order valence-electron chi connectivity index (χ1n) is 4.76. The monoisotopic (exact) mass is 191 g/mol. The Morgan fingerprint density at radius 2 is 2.00 bits per heavy atom. The van der Waals surface area contributed by atoms with Crippen molar-refractivity contribution in [1.29, 1.82) is 0 Å². The molecule has 0 N–H and O–H groups in total. The van der Waals surface area contributed by atoms with Gasteiger partial charge >= 0.3 is 5.97 Å².